The minimum Gasteiger partial charge on any atom is -0.478 e. The summed E-state index contributed by atoms with van der Waals surface area (Å²) in [6.07, 6.45) is 1.95. The zero-order valence-corrected chi connectivity index (χ0v) is 25.7. The van der Waals surface area contributed by atoms with Crippen molar-refractivity contribution in [3.05, 3.63) is 129 Å². The van der Waals surface area contributed by atoms with E-state index in [1.807, 2.05) is 13.0 Å². The van der Waals surface area contributed by atoms with Crippen LogP contribution in [-0.2, 0) is 9.59 Å². The molecule has 0 spiro atoms. The Labute approximate surface area is 268 Å². The van der Waals surface area contributed by atoms with Gasteiger partial charge in [-0.1, -0.05) is 66.5 Å². The lowest BCUT2D eigenvalue weighted by atomic mass is 10.1. The fourth-order valence-electron chi connectivity index (χ4n) is 4.00. The van der Waals surface area contributed by atoms with E-state index in [1.54, 1.807) is 72.8 Å². The molecule has 4 rings (SSSR count). The van der Waals surface area contributed by atoms with Gasteiger partial charge in [-0.05, 0) is 78.7 Å². The molecule has 1 atom stereocenters. The van der Waals surface area contributed by atoms with E-state index < -0.39 is 23.0 Å². The first-order valence-electron chi connectivity index (χ1n) is 13.4. The van der Waals surface area contributed by atoms with E-state index in [1.165, 1.54) is 36.0 Å². The molecule has 4 aromatic carbocycles. The number of carboxylic acid groups (broad SMARTS) is 1. The van der Waals surface area contributed by atoms with Gasteiger partial charge >= 0.3 is 5.97 Å². The van der Waals surface area contributed by atoms with Gasteiger partial charge in [0.1, 0.15) is 5.70 Å². The molecule has 0 aromatic heterocycles. The van der Waals surface area contributed by atoms with Crippen molar-refractivity contribution < 1.29 is 24.3 Å². The van der Waals surface area contributed by atoms with Gasteiger partial charge in [0.2, 0.25) is 5.91 Å². The van der Waals surface area contributed by atoms with Crippen LogP contribution in [0.4, 0.5) is 11.4 Å². The average Bonchev–Trinajstić information content (AvgIpc) is 3.01. The Morgan fingerprint density at radius 2 is 1.50 bits per heavy atom. The van der Waals surface area contributed by atoms with E-state index in [2.05, 4.69) is 16.0 Å². The Hall–Kier alpha value is -4.57. The number of halogens is 2. The lowest BCUT2D eigenvalue weighted by Gasteiger charge is -2.16. The molecule has 0 fully saturated rings. The van der Waals surface area contributed by atoms with Crippen molar-refractivity contribution in [3.63, 3.8) is 0 Å². The van der Waals surface area contributed by atoms with Gasteiger partial charge in [-0.2, -0.15) is 0 Å². The van der Waals surface area contributed by atoms with Crippen LogP contribution in [0.2, 0.25) is 10.0 Å². The van der Waals surface area contributed by atoms with Gasteiger partial charge in [0.15, 0.2) is 0 Å². The van der Waals surface area contributed by atoms with Gasteiger partial charge in [0.25, 0.3) is 11.8 Å². The van der Waals surface area contributed by atoms with E-state index >= 15 is 0 Å². The average molecular weight is 649 g/mol. The quantitative estimate of drug-likeness (QED) is 0.0981. The number of aromatic carboxylic acids is 1. The van der Waals surface area contributed by atoms with Gasteiger partial charge in [-0.15, -0.1) is 11.8 Å². The highest BCUT2D eigenvalue weighted by molar-refractivity contribution is 8.00. The summed E-state index contributed by atoms with van der Waals surface area (Å²) >= 11 is 13.7. The molecule has 0 heterocycles. The van der Waals surface area contributed by atoms with E-state index in [9.17, 15) is 24.3 Å². The third kappa shape index (κ3) is 8.97. The summed E-state index contributed by atoms with van der Waals surface area (Å²) in [5.74, 6) is -2.45. The number of nitrogens with one attached hydrogen (secondary N) is 3. The van der Waals surface area contributed by atoms with Crippen molar-refractivity contribution >= 4 is 76.1 Å². The Morgan fingerprint density at radius 3 is 2.18 bits per heavy atom. The zero-order chi connectivity index (χ0) is 31.6. The van der Waals surface area contributed by atoms with Crippen molar-refractivity contribution in [1.29, 1.82) is 0 Å². The molecule has 4 N–H and O–H groups in total. The van der Waals surface area contributed by atoms with Gasteiger partial charge in [-0.3, -0.25) is 14.4 Å². The van der Waals surface area contributed by atoms with Crippen molar-refractivity contribution in [2.75, 3.05) is 10.6 Å². The minimum absolute atomic E-state index is 0.0458. The molecule has 0 aliphatic heterocycles. The standard InChI is InChI=1S/C33H27Cl2N3O5S/c1-2-29(32(41)37-24-11-6-10-22(16-24)33(42)43)44-26-13-7-12-25(19-26)36-31(40)28(17-21-14-15-23(34)18-27(21)35)38-30(39)20-8-4-3-5-9-20/h3-19,29H,2H2,1H3,(H,36,40)(H,37,41)(H,38,39)(H,42,43)/b28-17+. The van der Waals surface area contributed by atoms with Crippen LogP contribution in [0, 0.1) is 0 Å². The van der Waals surface area contributed by atoms with Crippen LogP contribution >= 0.6 is 35.0 Å². The molecule has 0 saturated heterocycles. The zero-order valence-electron chi connectivity index (χ0n) is 23.3. The molecule has 11 heteroatoms. The first-order chi connectivity index (χ1) is 21.1. The number of hydrogen-bond acceptors (Lipinski definition) is 5. The van der Waals surface area contributed by atoms with Crippen LogP contribution in [-0.4, -0.2) is 34.0 Å². The molecular formula is C33H27Cl2N3O5S. The van der Waals surface area contributed by atoms with Crippen LogP contribution in [0.5, 0.6) is 0 Å². The monoisotopic (exact) mass is 647 g/mol. The largest absolute Gasteiger partial charge is 0.478 e. The highest BCUT2D eigenvalue weighted by atomic mass is 35.5. The summed E-state index contributed by atoms with van der Waals surface area (Å²) in [6, 6.07) is 26.2. The number of hydrogen-bond donors (Lipinski definition) is 4. The summed E-state index contributed by atoms with van der Waals surface area (Å²) in [6.45, 7) is 1.87. The predicted molar refractivity (Wildman–Crippen MR) is 175 cm³/mol. The molecule has 224 valence electrons. The van der Waals surface area contributed by atoms with Crippen LogP contribution in [0.1, 0.15) is 39.6 Å². The van der Waals surface area contributed by atoms with E-state index in [4.69, 9.17) is 23.2 Å². The molecule has 3 amide bonds. The van der Waals surface area contributed by atoms with E-state index in [0.29, 0.717) is 43.9 Å². The van der Waals surface area contributed by atoms with Gasteiger partial charge in [-0.25, -0.2) is 4.79 Å². The molecule has 0 aliphatic rings. The molecule has 4 aromatic rings. The number of rotatable bonds is 11. The fourth-order valence-corrected chi connectivity index (χ4v) is 5.48. The first-order valence-corrected chi connectivity index (χ1v) is 15.0. The van der Waals surface area contributed by atoms with Crippen LogP contribution in [0.15, 0.2) is 108 Å². The lowest BCUT2D eigenvalue weighted by Crippen LogP contribution is -2.30. The number of thioether (sulfide) groups is 1. The fraction of sp³-hybridized carbons (Fsp3) is 0.0909. The first kappa shape index (κ1) is 32.3. The number of anilines is 2. The molecular weight excluding hydrogens is 621 g/mol. The maximum Gasteiger partial charge on any atom is 0.335 e. The van der Waals surface area contributed by atoms with Crippen molar-refractivity contribution in [2.45, 2.75) is 23.5 Å². The minimum atomic E-state index is -1.09. The second-order valence-electron chi connectivity index (χ2n) is 9.42. The molecule has 0 bridgehead atoms. The van der Waals surface area contributed by atoms with Gasteiger partial charge in [0.05, 0.1) is 10.8 Å². The molecule has 8 nitrogen and oxygen atoms in total. The summed E-state index contributed by atoms with van der Waals surface area (Å²) < 4.78 is 0. The second-order valence-corrected chi connectivity index (χ2v) is 11.5. The van der Waals surface area contributed by atoms with E-state index in [-0.39, 0.29) is 17.2 Å². The lowest BCUT2D eigenvalue weighted by molar-refractivity contribution is -0.116. The van der Waals surface area contributed by atoms with Crippen molar-refractivity contribution in [2.24, 2.45) is 0 Å². The number of amides is 3. The highest BCUT2D eigenvalue weighted by Gasteiger charge is 2.20. The maximum absolute atomic E-state index is 13.5. The van der Waals surface area contributed by atoms with E-state index in [0.717, 1.165) is 0 Å². The van der Waals surface area contributed by atoms with Gasteiger partial charge < -0.3 is 21.1 Å². The third-order valence-corrected chi connectivity index (χ3v) is 8.12. The Kier molecular flexibility index (Phi) is 11.2. The van der Waals surface area contributed by atoms with Crippen molar-refractivity contribution in [3.8, 4) is 0 Å². The third-order valence-electron chi connectivity index (χ3n) is 6.20. The summed E-state index contributed by atoms with van der Waals surface area (Å²) in [5.41, 5.74) is 1.68. The maximum atomic E-state index is 13.5. The second kappa shape index (κ2) is 15.2. The smallest absolute Gasteiger partial charge is 0.335 e. The normalized spacial score (nSPS) is 11.8. The van der Waals surface area contributed by atoms with Crippen LogP contribution in [0.25, 0.3) is 6.08 Å². The number of carboxylic acids is 1. The Morgan fingerprint density at radius 1 is 0.818 bits per heavy atom. The number of carbonyl (C=O) groups excluding carboxylic acids is 3. The topological polar surface area (TPSA) is 125 Å². The Balaban J connectivity index is 1.51. The molecule has 0 radical (unpaired) electrons. The van der Waals surface area contributed by atoms with Gasteiger partial charge in [0, 0.05) is 31.9 Å². The molecule has 0 saturated carbocycles. The molecule has 44 heavy (non-hydrogen) atoms. The molecule has 0 aliphatic carbocycles. The summed E-state index contributed by atoms with van der Waals surface area (Å²) in [5, 5.41) is 17.7. The van der Waals surface area contributed by atoms with Crippen LogP contribution < -0.4 is 16.0 Å². The highest BCUT2D eigenvalue weighted by Crippen LogP contribution is 2.29. The summed E-state index contributed by atoms with van der Waals surface area (Å²) in [7, 11) is 0. The summed E-state index contributed by atoms with van der Waals surface area (Å²) in [4.78, 5) is 51.4. The Bertz CT molecular complexity index is 1730. The number of carbonyl (C=O) groups is 4. The van der Waals surface area contributed by atoms with Crippen molar-refractivity contribution in [1.82, 2.24) is 5.32 Å². The molecule has 1 unspecified atom stereocenters. The predicted octanol–water partition coefficient (Wildman–Crippen LogP) is 7.61. The number of benzene rings is 4. The van der Waals surface area contributed by atoms with Crippen LogP contribution in [0.3, 0.4) is 0 Å². The SMILES string of the molecule is CCC(Sc1cccc(NC(=O)/C(=C\c2ccc(Cl)cc2Cl)NC(=O)c2ccccc2)c1)C(=O)Nc1cccc(C(=O)O)c1.